The number of β-amino-alcohol motifs (C(OH)–C–C–N with tert-alkyl or cyclic N) is 1. The third-order valence-corrected chi connectivity index (χ3v) is 5.33. The second-order valence-corrected chi connectivity index (χ2v) is 7.45. The Kier molecular flexibility index (Phi) is 5.34. The average molecular weight is 402 g/mol. The maximum atomic E-state index is 9.14. The van der Waals surface area contributed by atoms with E-state index in [9.17, 15) is 0 Å². The van der Waals surface area contributed by atoms with E-state index in [1.165, 1.54) is 0 Å². The van der Waals surface area contributed by atoms with E-state index in [1.807, 2.05) is 32.2 Å². The molecule has 1 aliphatic rings. The third-order valence-electron chi connectivity index (χ3n) is 5.09. The van der Waals surface area contributed by atoms with Gasteiger partial charge in [-0.2, -0.15) is 15.1 Å². The minimum atomic E-state index is 0.186. The first-order chi connectivity index (χ1) is 13.5. The van der Waals surface area contributed by atoms with Crippen LogP contribution in [0.3, 0.4) is 0 Å². The van der Waals surface area contributed by atoms with E-state index in [1.54, 1.807) is 10.9 Å². The number of hydrogen-bond donors (Lipinski definition) is 2. The van der Waals surface area contributed by atoms with Crippen molar-refractivity contribution in [1.29, 1.82) is 0 Å². The smallest absolute Gasteiger partial charge is 0.229 e. The number of benzene rings is 1. The fraction of sp³-hybridized carbons (Fsp3) is 0.421. The summed E-state index contributed by atoms with van der Waals surface area (Å²) in [5.41, 5.74) is 2.78. The van der Waals surface area contributed by atoms with Crippen LogP contribution in [0.15, 0.2) is 24.4 Å². The Labute approximate surface area is 168 Å². The molecule has 1 fully saturated rings. The summed E-state index contributed by atoms with van der Waals surface area (Å²) in [6.45, 7) is 6.31. The van der Waals surface area contributed by atoms with Crippen LogP contribution in [-0.4, -0.2) is 69.1 Å². The number of piperazine rings is 1. The van der Waals surface area contributed by atoms with E-state index in [-0.39, 0.29) is 6.61 Å². The maximum absolute atomic E-state index is 9.14. The van der Waals surface area contributed by atoms with Crippen LogP contribution < -0.4 is 10.2 Å². The zero-order chi connectivity index (χ0) is 19.7. The number of aliphatic hydroxyl groups is 1. The van der Waals surface area contributed by atoms with Crippen molar-refractivity contribution in [2.24, 2.45) is 7.05 Å². The minimum absolute atomic E-state index is 0.186. The van der Waals surface area contributed by atoms with Crippen LogP contribution in [0.1, 0.15) is 5.56 Å². The molecule has 0 radical (unpaired) electrons. The fourth-order valence-corrected chi connectivity index (χ4v) is 3.68. The second-order valence-electron chi connectivity index (χ2n) is 7.01. The minimum Gasteiger partial charge on any atom is -0.395 e. The molecule has 8 nitrogen and oxygen atoms in total. The molecule has 0 unspecified atom stereocenters. The van der Waals surface area contributed by atoms with Crippen LogP contribution in [-0.2, 0) is 7.05 Å². The van der Waals surface area contributed by atoms with Gasteiger partial charge in [-0.25, -0.2) is 0 Å². The van der Waals surface area contributed by atoms with Crippen LogP contribution in [0, 0.1) is 6.92 Å². The number of fused-ring (bicyclic) bond motifs is 1. The van der Waals surface area contributed by atoms with E-state index >= 15 is 0 Å². The largest absolute Gasteiger partial charge is 0.395 e. The van der Waals surface area contributed by atoms with Crippen molar-refractivity contribution in [3.05, 3.63) is 35.0 Å². The van der Waals surface area contributed by atoms with Crippen molar-refractivity contribution < 1.29 is 5.11 Å². The zero-order valence-electron chi connectivity index (χ0n) is 16.1. The number of aryl methyl sites for hydroxylation is 2. The summed E-state index contributed by atoms with van der Waals surface area (Å²) in [6, 6.07) is 5.74. The standard InChI is InChI=1S/C19H24ClN7O/c1-13-11-14(20)3-4-16(13)22-17-15-12-21-25(2)18(15)24-19(23-17)27-7-5-26(6-8-27)9-10-28/h3-4,11-12,28H,5-10H2,1-2H3,(H,22,23,24). The highest BCUT2D eigenvalue weighted by molar-refractivity contribution is 6.30. The van der Waals surface area contributed by atoms with Crippen LogP contribution >= 0.6 is 11.6 Å². The van der Waals surface area contributed by atoms with E-state index in [2.05, 4.69) is 20.2 Å². The molecule has 2 N–H and O–H groups in total. The van der Waals surface area contributed by atoms with E-state index in [0.717, 1.165) is 54.3 Å². The van der Waals surface area contributed by atoms with Crippen molar-refractivity contribution in [1.82, 2.24) is 24.6 Å². The number of anilines is 3. The highest BCUT2D eigenvalue weighted by atomic mass is 35.5. The molecule has 2 aromatic heterocycles. The van der Waals surface area contributed by atoms with Gasteiger partial charge in [0.2, 0.25) is 5.95 Å². The summed E-state index contributed by atoms with van der Waals surface area (Å²) in [7, 11) is 1.88. The molecule has 4 rings (SSSR count). The molecular formula is C19H24ClN7O. The van der Waals surface area contributed by atoms with E-state index < -0.39 is 0 Å². The molecule has 9 heteroatoms. The number of aliphatic hydroxyl groups excluding tert-OH is 1. The van der Waals surface area contributed by atoms with E-state index in [4.69, 9.17) is 26.7 Å². The predicted octanol–water partition coefficient (Wildman–Crippen LogP) is 2.18. The van der Waals surface area contributed by atoms with E-state index in [0.29, 0.717) is 17.5 Å². The summed E-state index contributed by atoms with van der Waals surface area (Å²) in [5.74, 6) is 1.42. The van der Waals surface area contributed by atoms with Crippen molar-refractivity contribution in [3.63, 3.8) is 0 Å². The second kappa shape index (κ2) is 7.90. The normalized spacial score (nSPS) is 15.4. The molecule has 0 aliphatic carbocycles. The van der Waals surface area contributed by atoms with Gasteiger partial charge in [-0.05, 0) is 30.7 Å². The quantitative estimate of drug-likeness (QED) is 0.678. The molecule has 1 aromatic carbocycles. The number of aromatic nitrogens is 4. The Hall–Kier alpha value is -2.42. The van der Waals surface area contributed by atoms with Gasteiger partial charge in [0.25, 0.3) is 0 Å². The Morgan fingerprint density at radius 2 is 1.96 bits per heavy atom. The summed E-state index contributed by atoms with van der Waals surface area (Å²) in [6.07, 6.45) is 1.78. The fourth-order valence-electron chi connectivity index (χ4n) is 3.46. The summed E-state index contributed by atoms with van der Waals surface area (Å²) in [5, 5.41) is 18.5. The van der Waals surface area contributed by atoms with Crippen molar-refractivity contribution >= 4 is 40.1 Å². The number of halogens is 1. The molecule has 0 atom stereocenters. The van der Waals surface area contributed by atoms with Crippen LogP contribution in [0.4, 0.5) is 17.5 Å². The molecule has 28 heavy (non-hydrogen) atoms. The van der Waals surface area contributed by atoms with Gasteiger partial charge in [0.1, 0.15) is 5.82 Å². The molecule has 0 spiro atoms. The van der Waals surface area contributed by atoms with Crippen LogP contribution in [0.2, 0.25) is 5.02 Å². The zero-order valence-corrected chi connectivity index (χ0v) is 16.8. The summed E-state index contributed by atoms with van der Waals surface area (Å²) < 4.78 is 1.77. The summed E-state index contributed by atoms with van der Waals surface area (Å²) >= 11 is 6.09. The van der Waals surface area contributed by atoms with Gasteiger partial charge < -0.3 is 15.3 Å². The lowest BCUT2D eigenvalue weighted by Crippen LogP contribution is -2.47. The van der Waals surface area contributed by atoms with Gasteiger partial charge in [-0.15, -0.1) is 0 Å². The molecular weight excluding hydrogens is 378 g/mol. The first-order valence-electron chi connectivity index (χ1n) is 9.36. The van der Waals surface area contributed by atoms with Gasteiger partial charge in [-0.3, -0.25) is 9.58 Å². The molecule has 0 amide bonds. The Bertz CT molecular complexity index is 982. The first-order valence-corrected chi connectivity index (χ1v) is 9.74. The van der Waals surface area contributed by atoms with Crippen molar-refractivity contribution in [2.75, 3.05) is 49.5 Å². The molecule has 0 saturated carbocycles. The van der Waals surface area contributed by atoms with Gasteiger partial charge in [0.15, 0.2) is 5.65 Å². The number of nitrogens with one attached hydrogen (secondary N) is 1. The van der Waals surface area contributed by atoms with Gasteiger partial charge >= 0.3 is 0 Å². The Morgan fingerprint density at radius 3 is 2.68 bits per heavy atom. The van der Waals surface area contributed by atoms with Gasteiger partial charge in [0, 0.05) is 50.5 Å². The maximum Gasteiger partial charge on any atom is 0.229 e. The van der Waals surface area contributed by atoms with Crippen LogP contribution in [0.25, 0.3) is 11.0 Å². The first kappa shape index (κ1) is 18.9. The van der Waals surface area contributed by atoms with Crippen molar-refractivity contribution in [3.8, 4) is 0 Å². The summed E-state index contributed by atoms with van der Waals surface area (Å²) in [4.78, 5) is 14.0. The third kappa shape index (κ3) is 3.76. The predicted molar refractivity (Wildman–Crippen MR) is 112 cm³/mol. The molecule has 148 valence electrons. The lowest BCUT2D eigenvalue weighted by Gasteiger charge is -2.34. The number of nitrogens with zero attached hydrogens (tertiary/aromatic N) is 6. The lowest BCUT2D eigenvalue weighted by atomic mass is 10.2. The highest BCUT2D eigenvalue weighted by Crippen LogP contribution is 2.29. The molecule has 3 aromatic rings. The highest BCUT2D eigenvalue weighted by Gasteiger charge is 2.21. The SMILES string of the molecule is Cc1cc(Cl)ccc1Nc1nc(N2CCN(CCO)CC2)nc2c1cnn2C. The monoisotopic (exact) mass is 401 g/mol. The molecule has 0 bridgehead atoms. The average Bonchev–Trinajstić information content (AvgIpc) is 3.06. The topological polar surface area (TPSA) is 82.3 Å². The Morgan fingerprint density at radius 1 is 1.18 bits per heavy atom. The molecule has 1 aliphatic heterocycles. The molecule has 1 saturated heterocycles. The Balaban J connectivity index is 1.66. The molecule has 3 heterocycles. The lowest BCUT2D eigenvalue weighted by molar-refractivity contribution is 0.188. The van der Waals surface area contributed by atoms with Crippen molar-refractivity contribution in [2.45, 2.75) is 6.92 Å². The number of hydrogen-bond acceptors (Lipinski definition) is 7. The number of rotatable bonds is 5. The van der Waals surface area contributed by atoms with Gasteiger partial charge in [-0.1, -0.05) is 11.6 Å². The van der Waals surface area contributed by atoms with Crippen LogP contribution in [0.5, 0.6) is 0 Å². The van der Waals surface area contributed by atoms with Gasteiger partial charge in [0.05, 0.1) is 18.2 Å².